The molecule has 0 aliphatic carbocycles. The SMILES string of the molecule is Nc1ccc([As]=[As]c2ccc(S(N)(=O)=O)cc2)cc1. The third kappa shape index (κ3) is 4.39. The van der Waals surface area contributed by atoms with Crippen LogP contribution in [-0.4, -0.2) is 34.7 Å². The van der Waals surface area contributed by atoms with Crippen molar-refractivity contribution in [3.63, 3.8) is 0 Å². The Morgan fingerprint density at radius 1 is 0.789 bits per heavy atom. The Morgan fingerprint density at radius 3 is 1.63 bits per heavy atom. The van der Waals surface area contributed by atoms with Crippen LogP contribution < -0.4 is 19.6 Å². The van der Waals surface area contributed by atoms with E-state index in [2.05, 4.69) is 12.1 Å². The zero-order valence-corrected chi connectivity index (χ0v) is 14.5. The van der Waals surface area contributed by atoms with Gasteiger partial charge in [0.2, 0.25) is 0 Å². The van der Waals surface area contributed by atoms with Crippen LogP contribution in [0.3, 0.4) is 0 Å². The van der Waals surface area contributed by atoms with E-state index in [1.807, 2.05) is 24.3 Å². The van der Waals surface area contributed by atoms with Gasteiger partial charge in [-0.2, -0.15) is 0 Å². The van der Waals surface area contributed by atoms with Gasteiger partial charge in [-0.3, -0.25) is 0 Å². The summed E-state index contributed by atoms with van der Waals surface area (Å²) < 4.78 is 24.8. The van der Waals surface area contributed by atoms with Gasteiger partial charge >= 0.3 is 123 Å². The Bertz CT molecular complexity index is 696. The van der Waals surface area contributed by atoms with Gasteiger partial charge in [0, 0.05) is 0 Å². The number of nitrogen functional groups attached to an aromatic ring is 1. The zero-order valence-electron chi connectivity index (χ0n) is 9.89. The fourth-order valence-corrected chi connectivity index (χ4v) is 8.97. The van der Waals surface area contributed by atoms with Crippen molar-refractivity contribution < 1.29 is 8.42 Å². The maximum atomic E-state index is 11.1. The summed E-state index contributed by atoms with van der Waals surface area (Å²) in [6, 6.07) is 14.8. The van der Waals surface area contributed by atoms with Gasteiger partial charge in [-0.25, -0.2) is 0 Å². The third-order valence-electron chi connectivity index (χ3n) is 2.34. The Kier molecular flexibility index (Phi) is 4.75. The fourth-order valence-electron chi connectivity index (χ4n) is 1.36. The van der Waals surface area contributed by atoms with Gasteiger partial charge in [0.25, 0.3) is 0 Å². The molecule has 0 aromatic heterocycles. The van der Waals surface area contributed by atoms with Gasteiger partial charge in [-0.15, -0.1) is 0 Å². The molecule has 2 aromatic carbocycles. The van der Waals surface area contributed by atoms with Crippen molar-refractivity contribution in [1.29, 1.82) is 0 Å². The van der Waals surface area contributed by atoms with Crippen LogP contribution >= 0.6 is 0 Å². The number of rotatable bonds is 3. The van der Waals surface area contributed by atoms with Crippen molar-refractivity contribution in [2.24, 2.45) is 5.14 Å². The van der Waals surface area contributed by atoms with Crippen LogP contribution in [0.4, 0.5) is 5.69 Å². The van der Waals surface area contributed by atoms with E-state index in [1.54, 1.807) is 12.1 Å². The Balaban J connectivity index is 2.18. The number of hydrogen-bond acceptors (Lipinski definition) is 3. The first-order chi connectivity index (χ1) is 8.95. The first-order valence-electron chi connectivity index (χ1n) is 5.35. The van der Waals surface area contributed by atoms with Crippen LogP contribution in [0, 0.1) is 0 Å². The van der Waals surface area contributed by atoms with Crippen LogP contribution in [0.25, 0.3) is 0 Å². The Hall–Kier alpha value is -0.733. The van der Waals surface area contributed by atoms with Crippen molar-refractivity contribution in [3.8, 4) is 0 Å². The molecule has 0 aliphatic rings. The van der Waals surface area contributed by atoms with E-state index in [0.717, 1.165) is 5.69 Å². The maximum absolute atomic E-state index is 11.1. The van der Waals surface area contributed by atoms with Crippen molar-refractivity contribution >= 4 is 50.7 Å². The summed E-state index contributed by atoms with van der Waals surface area (Å²) in [5.41, 5.74) is 6.42. The first kappa shape index (κ1) is 14.7. The second-order valence-electron chi connectivity index (χ2n) is 3.83. The third-order valence-corrected chi connectivity index (χ3v) is 11.8. The number of nitrogens with two attached hydrogens (primary N) is 2. The molecule has 0 amide bonds. The molecule has 19 heavy (non-hydrogen) atoms. The van der Waals surface area contributed by atoms with Crippen molar-refractivity contribution in [2.45, 2.75) is 4.90 Å². The molecule has 0 fully saturated rings. The second-order valence-corrected chi connectivity index (χ2v) is 12.8. The summed E-state index contributed by atoms with van der Waals surface area (Å²) in [5, 5.41) is 5.06. The van der Waals surface area contributed by atoms with E-state index in [4.69, 9.17) is 10.9 Å². The molecule has 98 valence electrons. The number of primary sulfonamides is 1. The van der Waals surface area contributed by atoms with Crippen LogP contribution in [-0.2, 0) is 10.0 Å². The molecule has 0 heterocycles. The van der Waals surface area contributed by atoms with E-state index in [-0.39, 0.29) is 31.2 Å². The minimum absolute atomic E-state index is 0.0581. The van der Waals surface area contributed by atoms with E-state index < -0.39 is 10.0 Å². The predicted octanol–water partition coefficient (Wildman–Crippen LogP) is -0.810. The number of benzene rings is 2. The molecule has 4 N–H and O–H groups in total. The summed E-state index contributed by atoms with van der Waals surface area (Å²) in [7, 11) is -3.59. The summed E-state index contributed by atoms with van der Waals surface area (Å²) in [4.78, 5) is 0.168. The Morgan fingerprint density at radius 2 is 1.21 bits per heavy atom. The summed E-state index contributed by atoms with van der Waals surface area (Å²) in [5.74, 6) is 0. The second kappa shape index (κ2) is 6.15. The fraction of sp³-hybridized carbons (Fsp3) is 0. The molecule has 0 saturated carbocycles. The number of anilines is 1. The minimum atomic E-state index is -3.59. The summed E-state index contributed by atoms with van der Waals surface area (Å²) >= 11 is 0.164. The van der Waals surface area contributed by atoms with Gasteiger partial charge in [0.15, 0.2) is 0 Å². The molecule has 0 radical (unpaired) electrons. The molecule has 0 atom stereocenters. The molecule has 7 heteroatoms. The van der Waals surface area contributed by atoms with Crippen molar-refractivity contribution in [1.82, 2.24) is 0 Å². The van der Waals surface area contributed by atoms with Crippen LogP contribution in [0.2, 0.25) is 0 Å². The van der Waals surface area contributed by atoms with Gasteiger partial charge in [0.05, 0.1) is 0 Å². The summed E-state index contributed by atoms with van der Waals surface area (Å²) in [6.45, 7) is 0. The molecule has 2 aromatic rings. The molecule has 2 rings (SSSR count). The average Bonchev–Trinajstić information content (AvgIpc) is 2.37. The van der Waals surface area contributed by atoms with E-state index in [9.17, 15) is 8.42 Å². The van der Waals surface area contributed by atoms with Crippen LogP contribution in [0.1, 0.15) is 0 Å². The molecule has 0 bridgehead atoms. The van der Waals surface area contributed by atoms with Crippen molar-refractivity contribution in [2.75, 3.05) is 5.73 Å². The number of sulfonamides is 1. The average molecular weight is 398 g/mol. The molecule has 0 unspecified atom stereocenters. The van der Waals surface area contributed by atoms with E-state index in [1.165, 1.54) is 8.70 Å². The molecular weight excluding hydrogens is 386 g/mol. The quantitative estimate of drug-likeness (QED) is 0.524. The van der Waals surface area contributed by atoms with Crippen molar-refractivity contribution in [3.05, 3.63) is 48.5 Å². The van der Waals surface area contributed by atoms with Gasteiger partial charge in [0.1, 0.15) is 0 Å². The summed E-state index contributed by atoms with van der Waals surface area (Å²) in [6.07, 6.45) is 0. The monoisotopic (exact) mass is 398 g/mol. The van der Waals surface area contributed by atoms with Crippen LogP contribution in [0.5, 0.6) is 0 Å². The predicted molar refractivity (Wildman–Crippen MR) is 79.4 cm³/mol. The van der Waals surface area contributed by atoms with Crippen LogP contribution in [0.15, 0.2) is 53.4 Å². The molecule has 0 spiro atoms. The standard InChI is InChI=1S/C12H12As2N2O2S/c15-11-5-1-9(2-6-11)13-14-10-3-7-12(8-4-10)19(16,17)18/h1-8H,15H2,(H2,16,17,18). The van der Waals surface area contributed by atoms with Gasteiger partial charge in [-0.1, -0.05) is 0 Å². The Labute approximate surface area is 123 Å². The number of hydrogen-bond donors (Lipinski definition) is 2. The first-order valence-corrected chi connectivity index (χ1v) is 14.0. The van der Waals surface area contributed by atoms with Gasteiger partial charge in [-0.05, 0) is 0 Å². The molecule has 0 aliphatic heterocycles. The zero-order chi connectivity index (χ0) is 13.9. The normalized spacial score (nSPS) is 11.8. The molecule has 0 saturated heterocycles. The topological polar surface area (TPSA) is 86.2 Å². The van der Waals surface area contributed by atoms with E-state index >= 15 is 0 Å². The van der Waals surface area contributed by atoms with Gasteiger partial charge < -0.3 is 0 Å². The molecule has 4 nitrogen and oxygen atoms in total. The molecular formula is C12H12As2N2O2S. The van der Waals surface area contributed by atoms with E-state index in [0.29, 0.717) is 0 Å².